The molecule has 0 aliphatic carbocycles. The van der Waals surface area contributed by atoms with Crippen LogP contribution in [0.15, 0.2) is 35.6 Å². The van der Waals surface area contributed by atoms with Gasteiger partial charge in [-0.15, -0.1) is 0 Å². The Hall–Kier alpha value is -2.21. The summed E-state index contributed by atoms with van der Waals surface area (Å²) in [5, 5.41) is 10.2. The number of hydrogen-bond donors (Lipinski definition) is 1. The van der Waals surface area contributed by atoms with Gasteiger partial charge in [0.1, 0.15) is 5.82 Å². The molecular weight excluding hydrogens is 325 g/mol. The van der Waals surface area contributed by atoms with Crippen molar-refractivity contribution in [1.29, 1.82) is 0 Å². The van der Waals surface area contributed by atoms with Gasteiger partial charge in [-0.25, -0.2) is 4.39 Å². The zero-order valence-corrected chi connectivity index (χ0v) is 14.8. The molecule has 0 saturated carbocycles. The third-order valence-corrected chi connectivity index (χ3v) is 4.12. The molecule has 1 amide bonds. The van der Waals surface area contributed by atoms with Crippen LogP contribution < -0.4 is 0 Å². The van der Waals surface area contributed by atoms with Gasteiger partial charge in [0.2, 0.25) is 0 Å². The summed E-state index contributed by atoms with van der Waals surface area (Å²) in [7, 11) is 0. The van der Waals surface area contributed by atoms with E-state index in [1.54, 1.807) is 19.1 Å². The minimum Gasteiger partial charge on any atom is -0.503 e. The number of aliphatic hydroxyl groups is 1. The van der Waals surface area contributed by atoms with Crippen molar-refractivity contribution in [2.24, 2.45) is 0 Å². The Bertz CT molecular complexity index is 684. The van der Waals surface area contributed by atoms with Crippen LogP contribution in [0.3, 0.4) is 0 Å². The molecule has 1 unspecified atom stereocenters. The molecule has 1 aliphatic heterocycles. The molecule has 25 heavy (non-hydrogen) atoms. The highest BCUT2D eigenvalue weighted by molar-refractivity contribution is 6.08. The molecular formula is C19H24FNO4. The zero-order chi connectivity index (χ0) is 18.6. The molecule has 6 heteroatoms. The number of halogens is 1. The Labute approximate surface area is 147 Å². The molecule has 0 bridgehead atoms. The zero-order valence-electron chi connectivity index (χ0n) is 14.8. The van der Waals surface area contributed by atoms with Crippen molar-refractivity contribution in [2.75, 3.05) is 13.2 Å². The second-order valence-corrected chi connectivity index (χ2v) is 6.23. The van der Waals surface area contributed by atoms with Crippen molar-refractivity contribution in [3.05, 3.63) is 47.0 Å². The predicted molar refractivity (Wildman–Crippen MR) is 91.5 cm³/mol. The lowest BCUT2D eigenvalue weighted by molar-refractivity contribution is -0.129. The third-order valence-electron chi connectivity index (χ3n) is 4.12. The lowest BCUT2D eigenvalue weighted by Gasteiger charge is -2.27. The summed E-state index contributed by atoms with van der Waals surface area (Å²) >= 11 is 0. The second kappa shape index (κ2) is 8.25. The standard InChI is InChI=1S/C19H24FNO4/c1-4-15(22)16-17(13-8-5-6-9-14(13)20)21(19(24)18(16)23)10-7-11-25-12(2)3/h5-6,8-9,12,17,23H,4,7,10-11H2,1-3H3. The van der Waals surface area contributed by atoms with E-state index in [0.29, 0.717) is 13.0 Å². The summed E-state index contributed by atoms with van der Waals surface area (Å²) < 4.78 is 19.8. The number of aliphatic hydroxyl groups excluding tert-OH is 1. The van der Waals surface area contributed by atoms with Gasteiger partial charge in [-0.05, 0) is 26.3 Å². The van der Waals surface area contributed by atoms with Gasteiger partial charge in [0.15, 0.2) is 11.5 Å². The fourth-order valence-electron chi connectivity index (χ4n) is 2.93. The first kappa shape index (κ1) is 19.1. The average Bonchev–Trinajstić information content (AvgIpc) is 2.83. The minimum atomic E-state index is -0.903. The number of ketones is 1. The lowest BCUT2D eigenvalue weighted by atomic mass is 9.94. The van der Waals surface area contributed by atoms with E-state index < -0.39 is 23.5 Å². The molecule has 1 atom stereocenters. The van der Waals surface area contributed by atoms with Crippen molar-refractivity contribution < 1.29 is 23.8 Å². The molecule has 0 saturated heterocycles. The Balaban J connectivity index is 2.33. The molecule has 0 fully saturated rings. The summed E-state index contributed by atoms with van der Waals surface area (Å²) in [6, 6.07) is 5.10. The van der Waals surface area contributed by atoms with Crippen molar-refractivity contribution in [1.82, 2.24) is 4.90 Å². The molecule has 5 nitrogen and oxygen atoms in total. The number of hydrogen-bond acceptors (Lipinski definition) is 4. The van der Waals surface area contributed by atoms with Crippen LogP contribution in [0, 0.1) is 5.82 Å². The molecule has 136 valence electrons. The maximum absolute atomic E-state index is 14.3. The fourth-order valence-corrected chi connectivity index (χ4v) is 2.93. The minimum absolute atomic E-state index is 0.0256. The number of amides is 1. The number of carbonyl (C=O) groups is 2. The van der Waals surface area contributed by atoms with Gasteiger partial charge >= 0.3 is 0 Å². The van der Waals surface area contributed by atoms with Crippen LogP contribution in [0.4, 0.5) is 4.39 Å². The summed E-state index contributed by atoms with van der Waals surface area (Å²) in [5.41, 5.74) is 0.184. The SMILES string of the molecule is CCC(=O)C1=C(O)C(=O)N(CCCOC(C)C)C1c1ccccc1F. The topological polar surface area (TPSA) is 66.8 Å². The molecule has 0 radical (unpaired) electrons. The number of carbonyl (C=O) groups excluding carboxylic acids is 2. The van der Waals surface area contributed by atoms with E-state index in [1.165, 1.54) is 17.0 Å². The van der Waals surface area contributed by atoms with Gasteiger partial charge in [0, 0.05) is 25.1 Å². The lowest BCUT2D eigenvalue weighted by Crippen LogP contribution is -2.33. The quantitative estimate of drug-likeness (QED) is 0.731. The third kappa shape index (κ3) is 4.07. The molecule has 1 aromatic rings. The monoisotopic (exact) mass is 349 g/mol. The Morgan fingerprint density at radius 3 is 2.64 bits per heavy atom. The summed E-state index contributed by atoms with van der Waals surface area (Å²) in [4.78, 5) is 26.1. The van der Waals surface area contributed by atoms with E-state index in [-0.39, 0.29) is 36.0 Å². The normalized spacial score (nSPS) is 17.7. The van der Waals surface area contributed by atoms with Crippen LogP contribution in [0.25, 0.3) is 0 Å². The van der Waals surface area contributed by atoms with Crippen LogP contribution in [0.2, 0.25) is 0 Å². The van der Waals surface area contributed by atoms with Crippen LogP contribution in [0.1, 0.15) is 45.2 Å². The number of ether oxygens (including phenoxy) is 1. The Morgan fingerprint density at radius 1 is 1.36 bits per heavy atom. The molecule has 1 heterocycles. The predicted octanol–water partition coefficient (Wildman–Crippen LogP) is 3.32. The smallest absolute Gasteiger partial charge is 0.290 e. The number of rotatable bonds is 8. The van der Waals surface area contributed by atoms with Crippen LogP contribution >= 0.6 is 0 Å². The molecule has 2 rings (SSSR count). The van der Waals surface area contributed by atoms with Gasteiger partial charge in [-0.3, -0.25) is 9.59 Å². The van der Waals surface area contributed by atoms with Gasteiger partial charge in [-0.2, -0.15) is 0 Å². The van der Waals surface area contributed by atoms with Crippen molar-refractivity contribution in [2.45, 2.75) is 45.8 Å². The first-order valence-electron chi connectivity index (χ1n) is 8.51. The first-order valence-corrected chi connectivity index (χ1v) is 8.51. The maximum Gasteiger partial charge on any atom is 0.290 e. The highest BCUT2D eigenvalue weighted by Gasteiger charge is 2.43. The van der Waals surface area contributed by atoms with Gasteiger partial charge < -0.3 is 14.7 Å². The van der Waals surface area contributed by atoms with E-state index >= 15 is 0 Å². The molecule has 1 N–H and O–H groups in total. The van der Waals surface area contributed by atoms with E-state index in [0.717, 1.165) is 0 Å². The van der Waals surface area contributed by atoms with Crippen LogP contribution in [-0.2, 0) is 14.3 Å². The highest BCUT2D eigenvalue weighted by Crippen LogP contribution is 2.39. The molecule has 1 aliphatic rings. The van der Waals surface area contributed by atoms with E-state index in [1.807, 2.05) is 13.8 Å². The fraction of sp³-hybridized carbons (Fsp3) is 0.474. The van der Waals surface area contributed by atoms with Crippen LogP contribution in [-0.4, -0.2) is 41.0 Å². The van der Waals surface area contributed by atoms with E-state index in [4.69, 9.17) is 4.74 Å². The van der Waals surface area contributed by atoms with Gasteiger partial charge in [-0.1, -0.05) is 25.1 Å². The van der Waals surface area contributed by atoms with Gasteiger partial charge in [0.05, 0.1) is 17.7 Å². The highest BCUT2D eigenvalue weighted by atomic mass is 19.1. The summed E-state index contributed by atoms with van der Waals surface area (Å²) in [6.07, 6.45) is 0.720. The van der Waals surface area contributed by atoms with E-state index in [2.05, 4.69) is 0 Å². The average molecular weight is 349 g/mol. The number of nitrogens with zero attached hydrogens (tertiary/aromatic N) is 1. The van der Waals surface area contributed by atoms with Crippen molar-refractivity contribution >= 4 is 11.7 Å². The van der Waals surface area contributed by atoms with E-state index in [9.17, 15) is 19.1 Å². The van der Waals surface area contributed by atoms with Gasteiger partial charge in [0.25, 0.3) is 5.91 Å². The summed E-state index contributed by atoms with van der Waals surface area (Å²) in [6.45, 7) is 6.16. The Morgan fingerprint density at radius 2 is 2.04 bits per heavy atom. The maximum atomic E-state index is 14.3. The van der Waals surface area contributed by atoms with Crippen molar-refractivity contribution in [3.8, 4) is 0 Å². The number of benzene rings is 1. The number of Topliss-reactive ketones (excluding diaryl/α,β-unsaturated/α-hetero) is 1. The van der Waals surface area contributed by atoms with Crippen LogP contribution in [0.5, 0.6) is 0 Å². The summed E-state index contributed by atoms with van der Waals surface area (Å²) in [5.74, 6) is -2.10. The molecule has 0 aromatic heterocycles. The first-order chi connectivity index (χ1) is 11.9. The largest absolute Gasteiger partial charge is 0.503 e. The molecule has 1 aromatic carbocycles. The Kier molecular flexibility index (Phi) is 6.31. The second-order valence-electron chi connectivity index (χ2n) is 6.23. The van der Waals surface area contributed by atoms with Crippen molar-refractivity contribution in [3.63, 3.8) is 0 Å². The molecule has 0 spiro atoms.